The van der Waals surface area contributed by atoms with Gasteiger partial charge in [-0.15, -0.1) is 0 Å². The Morgan fingerprint density at radius 3 is 2.62 bits per heavy atom. The number of benzene rings is 1. The van der Waals surface area contributed by atoms with E-state index in [9.17, 15) is 4.79 Å². The minimum absolute atomic E-state index is 0.229. The third-order valence-electron chi connectivity index (χ3n) is 4.46. The van der Waals surface area contributed by atoms with E-state index in [1.54, 1.807) is 12.1 Å². The van der Waals surface area contributed by atoms with E-state index in [-0.39, 0.29) is 11.9 Å². The molecule has 0 atom stereocenters. The third-order valence-corrected chi connectivity index (χ3v) is 5.33. The summed E-state index contributed by atoms with van der Waals surface area (Å²) in [7, 11) is 1.37. The molecule has 128 valence electrons. The highest BCUT2D eigenvalue weighted by Crippen LogP contribution is 2.40. The summed E-state index contributed by atoms with van der Waals surface area (Å²) in [6.45, 7) is 0. The van der Waals surface area contributed by atoms with Gasteiger partial charge in [-0.3, -0.25) is 4.90 Å². The van der Waals surface area contributed by atoms with Crippen LogP contribution in [0.25, 0.3) is 0 Å². The van der Waals surface area contributed by atoms with Crippen molar-refractivity contribution in [2.24, 2.45) is 21.5 Å². The molecule has 3 rings (SSSR count). The average molecular weight is 441 g/mol. The van der Waals surface area contributed by atoms with Crippen LogP contribution < -0.4 is 16.4 Å². The lowest BCUT2D eigenvalue weighted by Crippen LogP contribution is -2.58. The molecule has 24 heavy (non-hydrogen) atoms. The van der Waals surface area contributed by atoms with Gasteiger partial charge in [-0.25, -0.2) is 9.79 Å². The van der Waals surface area contributed by atoms with Crippen LogP contribution in [0.5, 0.6) is 0 Å². The number of nitrogens with zero attached hydrogens (tertiary/aromatic N) is 3. The van der Waals surface area contributed by atoms with Gasteiger partial charge in [-0.05, 0) is 66.5 Å². The summed E-state index contributed by atoms with van der Waals surface area (Å²) in [6, 6.07) is 5.38. The zero-order valence-electron chi connectivity index (χ0n) is 13.5. The quantitative estimate of drug-likeness (QED) is 0.541. The first kappa shape index (κ1) is 17.0. The van der Waals surface area contributed by atoms with Gasteiger partial charge in [-0.1, -0.05) is 6.42 Å². The molecule has 4 N–H and O–H groups in total. The fraction of sp³-hybridized carbons (Fsp3) is 0.438. The Hall–Kier alpha value is -1.84. The standard InChI is InChI=1S/C16H20IN5O2/c1-24-13(23)10-5-6-12(11(17)9-10)22-15(19)20-14(18)21-16(22)7-3-2-4-8-16/h5-6,9H,2-4,7-8H2,1H3,(H4,18,19,20,21). The first-order valence-electron chi connectivity index (χ1n) is 7.84. The lowest BCUT2D eigenvalue weighted by atomic mass is 9.87. The summed E-state index contributed by atoms with van der Waals surface area (Å²) in [5.74, 6) is 0.203. The Morgan fingerprint density at radius 1 is 1.29 bits per heavy atom. The van der Waals surface area contributed by atoms with Crippen LogP contribution in [0.4, 0.5) is 5.69 Å². The van der Waals surface area contributed by atoms with Gasteiger partial charge in [0, 0.05) is 3.57 Å². The van der Waals surface area contributed by atoms with Crippen LogP contribution in [-0.2, 0) is 4.74 Å². The van der Waals surface area contributed by atoms with Crippen molar-refractivity contribution in [3.05, 3.63) is 27.3 Å². The summed E-state index contributed by atoms with van der Waals surface area (Å²) in [4.78, 5) is 22.5. The third kappa shape index (κ3) is 2.94. The lowest BCUT2D eigenvalue weighted by Gasteiger charge is -2.46. The summed E-state index contributed by atoms with van der Waals surface area (Å²) >= 11 is 2.19. The van der Waals surface area contributed by atoms with E-state index < -0.39 is 5.66 Å². The fourth-order valence-electron chi connectivity index (χ4n) is 3.40. The van der Waals surface area contributed by atoms with E-state index in [0.29, 0.717) is 11.5 Å². The maximum absolute atomic E-state index is 11.7. The van der Waals surface area contributed by atoms with Gasteiger partial charge in [0.05, 0.1) is 18.4 Å². The number of hydrogen-bond acceptors (Lipinski definition) is 7. The molecule has 0 saturated heterocycles. The fourth-order valence-corrected chi connectivity index (χ4v) is 4.16. The molecule has 0 aromatic heterocycles. The van der Waals surface area contributed by atoms with Crippen LogP contribution in [0, 0.1) is 3.57 Å². The first-order valence-corrected chi connectivity index (χ1v) is 8.92. The van der Waals surface area contributed by atoms with Crippen molar-refractivity contribution < 1.29 is 9.53 Å². The van der Waals surface area contributed by atoms with E-state index in [4.69, 9.17) is 16.2 Å². The number of ether oxygens (including phenoxy) is 1. The van der Waals surface area contributed by atoms with Crippen molar-refractivity contribution in [3.8, 4) is 0 Å². The van der Waals surface area contributed by atoms with Gasteiger partial charge in [0.2, 0.25) is 11.9 Å². The molecule has 0 bridgehead atoms. The van der Waals surface area contributed by atoms with E-state index in [2.05, 4.69) is 32.6 Å². The van der Waals surface area contributed by atoms with Crippen molar-refractivity contribution in [2.75, 3.05) is 12.0 Å². The van der Waals surface area contributed by atoms with Crippen molar-refractivity contribution >= 4 is 46.2 Å². The summed E-state index contributed by atoms with van der Waals surface area (Å²) < 4.78 is 5.66. The molecule has 0 radical (unpaired) electrons. The molecular weight excluding hydrogens is 421 g/mol. The van der Waals surface area contributed by atoms with E-state index in [1.807, 2.05) is 11.0 Å². The molecule has 1 aromatic rings. The topological polar surface area (TPSA) is 106 Å². The molecule has 1 fully saturated rings. The Balaban J connectivity index is 2.05. The maximum Gasteiger partial charge on any atom is 0.337 e. The number of guanidine groups is 2. The number of hydrogen-bond donors (Lipinski definition) is 2. The number of rotatable bonds is 2. The molecule has 0 unspecified atom stereocenters. The Kier molecular flexibility index (Phi) is 4.66. The lowest BCUT2D eigenvalue weighted by molar-refractivity contribution is 0.0600. The maximum atomic E-state index is 11.7. The zero-order chi connectivity index (χ0) is 17.3. The normalized spacial score (nSPS) is 19.7. The van der Waals surface area contributed by atoms with Crippen LogP contribution in [-0.4, -0.2) is 30.7 Å². The van der Waals surface area contributed by atoms with Crippen LogP contribution in [0.15, 0.2) is 28.2 Å². The smallest absolute Gasteiger partial charge is 0.337 e. The van der Waals surface area contributed by atoms with Gasteiger partial charge in [-0.2, -0.15) is 4.99 Å². The summed E-state index contributed by atoms with van der Waals surface area (Å²) in [5.41, 5.74) is 13.0. The van der Waals surface area contributed by atoms with E-state index in [0.717, 1.165) is 34.9 Å². The second-order valence-corrected chi connectivity index (χ2v) is 7.14. The molecular formula is C16H20IN5O2. The Labute approximate surface area is 154 Å². The number of methoxy groups -OCH3 is 1. The highest BCUT2D eigenvalue weighted by atomic mass is 127. The summed E-state index contributed by atoms with van der Waals surface area (Å²) in [5, 5.41) is 0. The SMILES string of the molecule is COC(=O)c1ccc(N2C(N)=NC(N)=NC23CCCCC3)c(I)c1. The first-order chi connectivity index (χ1) is 11.5. The van der Waals surface area contributed by atoms with Gasteiger partial charge in [0.1, 0.15) is 5.66 Å². The van der Waals surface area contributed by atoms with Crippen LogP contribution in [0.1, 0.15) is 42.5 Å². The zero-order valence-corrected chi connectivity index (χ0v) is 15.6. The number of aliphatic imine (C=N–C) groups is 2. The van der Waals surface area contributed by atoms with Gasteiger partial charge < -0.3 is 16.2 Å². The molecule has 1 heterocycles. The minimum atomic E-state index is -0.485. The molecule has 1 aliphatic heterocycles. The molecule has 8 heteroatoms. The molecule has 0 amide bonds. The van der Waals surface area contributed by atoms with Crippen molar-refractivity contribution in [1.29, 1.82) is 0 Å². The largest absolute Gasteiger partial charge is 0.465 e. The number of carbonyl (C=O) groups excluding carboxylic acids is 1. The Bertz CT molecular complexity index is 725. The average Bonchev–Trinajstić information content (AvgIpc) is 2.55. The molecule has 7 nitrogen and oxygen atoms in total. The second kappa shape index (κ2) is 6.58. The van der Waals surface area contributed by atoms with Crippen LogP contribution >= 0.6 is 22.6 Å². The van der Waals surface area contributed by atoms with Crippen molar-refractivity contribution in [3.63, 3.8) is 0 Å². The Morgan fingerprint density at radius 2 is 2.00 bits per heavy atom. The highest BCUT2D eigenvalue weighted by Gasteiger charge is 2.43. The highest BCUT2D eigenvalue weighted by molar-refractivity contribution is 14.1. The predicted molar refractivity (Wildman–Crippen MR) is 102 cm³/mol. The van der Waals surface area contributed by atoms with Gasteiger partial charge >= 0.3 is 5.97 Å². The second-order valence-electron chi connectivity index (χ2n) is 5.98. The number of halogens is 1. The van der Waals surface area contributed by atoms with Crippen LogP contribution in [0.3, 0.4) is 0 Å². The number of nitrogens with two attached hydrogens (primary N) is 2. The van der Waals surface area contributed by atoms with E-state index in [1.165, 1.54) is 13.5 Å². The van der Waals surface area contributed by atoms with E-state index >= 15 is 0 Å². The molecule has 1 aliphatic carbocycles. The van der Waals surface area contributed by atoms with Crippen LogP contribution in [0.2, 0.25) is 0 Å². The molecule has 1 spiro atoms. The molecule has 1 saturated carbocycles. The van der Waals surface area contributed by atoms with Crippen molar-refractivity contribution in [2.45, 2.75) is 37.8 Å². The monoisotopic (exact) mass is 441 g/mol. The molecule has 2 aliphatic rings. The predicted octanol–water partition coefficient (Wildman–Crippen LogP) is 2.19. The van der Waals surface area contributed by atoms with Crippen molar-refractivity contribution in [1.82, 2.24) is 0 Å². The summed E-state index contributed by atoms with van der Waals surface area (Å²) in [6.07, 6.45) is 5.06. The number of esters is 1. The number of carbonyl (C=O) groups is 1. The van der Waals surface area contributed by atoms with Gasteiger partial charge in [0.15, 0.2) is 0 Å². The number of anilines is 1. The van der Waals surface area contributed by atoms with Gasteiger partial charge in [0.25, 0.3) is 0 Å². The minimum Gasteiger partial charge on any atom is -0.465 e. The molecule has 1 aromatic carbocycles.